The smallest absolute Gasteiger partial charge is 0.296 e. The van der Waals surface area contributed by atoms with Crippen LogP contribution >= 0.6 is 0 Å². The second-order valence-corrected chi connectivity index (χ2v) is 6.41. The number of amides is 1. The second kappa shape index (κ2) is 6.61. The van der Waals surface area contributed by atoms with Crippen molar-refractivity contribution >= 4 is 11.6 Å². The highest BCUT2D eigenvalue weighted by molar-refractivity contribution is 5.94. The molecular weight excluding hydrogens is 336 g/mol. The molecule has 0 aliphatic carbocycles. The van der Waals surface area contributed by atoms with Gasteiger partial charge in [-0.15, -0.1) is 0 Å². The van der Waals surface area contributed by atoms with Crippen molar-refractivity contribution in [3.05, 3.63) is 63.1 Å². The Morgan fingerprint density at radius 3 is 2.77 bits per heavy atom. The van der Waals surface area contributed by atoms with Crippen molar-refractivity contribution < 1.29 is 14.6 Å². The lowest BCUT2D eigenvalue weighted by Gasteiger charge is -2.32. The zero-order chi connectivity index (χ0) is 18.9. The zero-order valence-electron chi connectivity index (χ0n) is 14.4. The maximum absolute atomic E-state index is 12.4. The van der Waals surface area contributed by atoms with E-state index in [9.17, 15) is 14.7 Å². The number of carbonyl (C=O) groups excluding carboxylic acids is 1. The summed E-state index contributed by atoms with van der Waals surface area (Å²) in [7, 11) is 0. The molecule has 0 saturated carbocycles. The third kappa shape index (κ3) is 3.17. The molecule has 134 valence electrons. The Morgan fingerprint density at radius 1 is 1.42 bits per heavy atom. The van der Waals surface area contributed by atoms with Gasteiger partial charge in [0.25, 0.3) is 11.5 Å². The SMILES string of the molecule is [C-]#[N+]c1ccc(CNC(=O)c2nc3n(c(=O)c2O)CCOC3(C)C)cc1. The highest BCUT2D eigenvalue weighted by Gasteiger charge is 2.34. The summed E-state index contributed by atoms with van der Waals surface area (Å²) in [5.41, 5.74) is -0.529. The van der Waals surface area contributed by atoms with Crippen molar-refractivity contribution in [1.29, 1.82) is 0 Å². The summed E-state index contributed by atoms with van der Waals surface area (Å²) in [6.07, 6.45) is 0. The fourth-order valence-corrected chi connectivity index (χ4v) is 2.78. The van der Waals surface area contributed by atoms with E-state index in [-0.39, 0.29) is 18.8 Å². The second-order valence-electron chi connectivity index (χ2n) is 6.41. The minimum absolute atomic E-state index is 0.177. The molecule has 2 heterocycles. The van der Waals surface area contributed by atoms with Crippen molar-refractivity contribution in [3.8, 4) is 5.75 Å². The van der Waals surface area contributed by atoms with Crippen LogP contribution in [0.1, 0.15) is 35.7 Å². The fraction of sp³-hybridized carbons (Fsp3) is 0.333. The first kappa shape index (κ1) is 17.6. The molecule has 0 fully saturated rings. The predicted molar refractivity (Wildman–Crippen MR) is 93.0 cm³/mol. The molecule has 2 N–H and O–H groups in total. The molecule has 0 spiro atoms. The number of aromatic nitrogens is 2. The lowest BCUT2D eigenvalue weighted by Crippen LogP contribution is -2.42. The van der Waals surface area contributed by atoms with E-state index < -0.39 is 22.8 Å². The van der Waals surface area contributed by atoms with Crippen LogP contribution in [0.15, 0.2) is 29.1 Å². The van der Waals surface area contributed by atoms with Crippen molar-refractivity contribution in [2.24, 2.45) is 0 Å². The van der Waals surface area contributed by atoms with E-state index in [0.717, 1.165) is 5.56 Å². The Bertz CT molecular complexity index is 955. The van der Waals surface area contributed by atoms with Crippen LogP contribution in [0.4, 0.5) is 5.69 Å². The number of nitrogens with zero attached hydrogens (tertiary/aromatic N) is 3. The minimum atomic E-state index is -0.838. The van der Waals surface area contributed by atoms with Crippen LogP contribution in [-0.2, 0) is 23.4 Å². The van der Waals surface area contributed by atoms with Crippen LogP contribution in [0.2, 0.25) is 0 Å². The first-order valence-corrected chi connectivity index (χ1v) is 8.06. The highest BCUT2D eigenvalue weighted by Crippen LogP contribution is 2.27. The Morgan fingerprint density at radius 2 is 2.12 bits per heavy atom. The molecule has 0 saturated heterocycles. The van der Waals surface area contributed by atoms with Crippen LogP contribution in [-0.4, -0.2) is 27.2 Å². The number of hydrogen-bond acceptors (Lipinski definition) is 5. The Labute approximate surface area is 149 Å². The molecule has 3 rings (SSSR count). The number of rotatable bonds is 3. The zero-order valence-corrected chi connectivity index (χ0v) is 14.4. The molecule has 1 aromatic heterocycles. The van der Waals surface area contributed by atoms with Crippen molar-refractivity contribution in [2.45, 2.75) is 32.5 Å². The largest absolute Gasteiger partial charge is 0.501 e. The molecule has 0 unspecified atom stereocenters. The summed E-state index contributed by atoms with van der Waals surface area (Å²) >= 11 is 0. The van der Waals surface area contributed by atoms with Gasteiger partial charge >= 0.3 is 0 Å². The maximum Gasteiger partial charge on any atom is 0.296 e. The summed E-state index contributed by atoms with van der Waals surface area (Å²) in [6.45, 7) is 11.2. The van der Waals surface area contributed by atoms with Crippen LogP contribution in [0, 0.1) is 6.57 Å². The monoisotopic (exact) mass is 354 g/mol. The molecule has 0 atom stereocenters. The van der Waals surface area contributed by atoms with Crippen LogP contribution < -0.4 is 10.9 Å². The molecule has 2 aromatic rings. The van der Waals surface area contributed by atoms with Crippen molar-refractivity contribution in [2.75, 3.05) is 6.61 Å². The summed E-state index contributed by atoms with van der Waals surface area (Å²) in [5.74, 6) is -1.02. The van der Waals surface area contributed by atoms with Gasteiger partial charge in [0.2, 0.25) is 5.75 Å². The van der Waals surface area contributed by atoms with Crippen molar-refractivity contribution in [3.63, 3.8) is 0 Å². The van der Waals surface area contributed by atoms with Crippen LogP contribution in [0.25, 0.3) is 4.85 Å². The quantitative estimate of drug-likeness (QED) is 0.818. The highest BCUT2D eigenvalue weighted by atomic mass is 16.5. The Balaban J connectivity index is 1.86. The van der Waals surface area contributed by atoms with Gasteiger partial charge in [0.1, 0.15) is 11.4 Å². The molecule has 0 radical (unpaired) electrons. The molecule has 8 nitrogen and oxygen atoms in total. The first-order valence-electron chi connectivity index (χ1n) is 8.06. The van der Waals surface area contributed by atoms with Gasteiger partial charge in [0, 0.05) is 6.54 Å². The molecule has 0 bridgehead atoms. The standard InChI is InChI=1S/C18H18N4O4/c1-18(2)17-21-13(14(23)16(25)22(17)8-9-26-18)15(24)20-10-11-4-6-12(19-3)7-5-11/h4-7,23H,8-10H2,1-2H3,(H,20,24). The normalized spacial score (nSPS) is 15.0. The van der Waals surface area contributed by atoms with E-state index in [0.29, 0.717) is 18.1 Å². The molecular formula is C18H18N4O4. The van der Waals surface area contributed by atoms with Gasteiger partial charge in [-0.1, -0.05) is 24.3 Å². The van der Waals surface area contributed by atoms with E-state index in [1.807, 2.05) is 0 Å². The van der Waals surface area contributed by atoms with Gasteiger partial charge in [0.05, 0.1) is 19.7 Å². The Kier molecular flexibility index (Phi) is 4.49. The lowest BCUT2D eigenvalue weighted by atomic mass is 10.1. The number of benzene rings is 1. The van der Waals surface area contributed by atoms with Crippen LogP contribution in [0.5, 0.6) is 5.75 Å². The molecule has 1 amide bonds. The molecule has 1 aromatic carbocycles. The van der Waals surface area contributed by atoms with Gasteiger partial charge in [-0.2, -0.15) is 0 Å². The maximum atomic E-state index is 12.4. The molecule has 26 heavy (non-hydrogen) atoms. The summed E-state index contributed by atoms with van der Waals surface area (Å²) in [5, 5.41) is 12.8. The first-order chi connectivity index (χ1) is 12.3. The minimum Gasteiger partial charge on any atom is -0.501 e. The number of nitrogens with one attached hydrogen (secondary N) is 1. The van der Waals surface area contributed by atoms with Crippen LogP contribution in [0.3, 0.4) is 0 Å². The van der Waals surface area contributed by atoms with Gasteiger partial charge in [-0.05, 0) is 19.4 Å². The average molecular weight is 354 g/mol. The lowest BCUT2D eigenvalue weighted by molar-refractivity contribution is -0.0566. The third-order valence-electron chi connectivity index (χ3n) is 4.20. The van der Waals surface area contributed by atoms with E-state index in [1.165, 1.54) is 4.57 Å². The molecule has 1 aliphatic rings. The number of hydrogen-bond donors (Lipinski definition) is 2. The van der Waals surface area contributed by atoms with Gasteiger partial charge in [-0.25, -0.2) is 9.83 Å². The van der Waals surface area contributed by atoms with Crippen molar-refractivity contribution in [1.82, 2.24) is 14.9 Å². The summed E-state index contributed by atoms with van der Waals surface area (Å²) < 4.78 is 6.94. The number of fused-ring (bicyclic) bond motifs is 1. The summed E-state index contributed by atoms with van der Waals surface area (Å²) in [6, 6.07) is 6.74. The summed E-state index contributed by atoms with van der Waals surface area (Å²) in [4.78, 5) is 32.3. The Hall–Kier alpha value is -3.18. The number of ether oxygens (including phenoxy) is 1. The van der Waals surface area contributed by atoms with E-state index in [4.69, 9.17) is 11.3 Å². The number of carbonyl (C=O) groups is 1. The topological polar surface area (TPSA) is 97.8 Å². The molecule has 1 aliphatic heterocycles. The van der Waals surface area contributed by atoms with E-state index in [1.54, 1.807) is 38.1 Å². The van der Waals surface area contributed by atoms with Gasteiger partial charge in [0.15, 0.2) is 11.4 Å². The van der Waals surface area contributed by atoms with Gasteiger partial charge in [-0.3, -0.25) is 14.2 Å². The third-order valence-corrected chi connectivity index (χ3v) is 4.20. The number of aromatic hydroxyl groups is 1. The fourth-order valence-electron chi connectivity index (χ4n) is 2.78. The molecule has 8 heteroatoms. The average Bonchev–Trinajstić information content (AvgIpc) is 2.63. The van der Waals surface area contributed by atoms with E-state index >= 15 is 0 Å². The van der Waals surface area contributed by atoms with Gasteiger partial charge < -0.3 is 15.2 Å². The van der Waals surface area contributed by atoms with E-state index in [2.05, 4.69) is 15.1 Å². The predicted octanol–water partition coefficient (Wildman–Crippen LogP) is 1.69.